The number of hydrogen-bond acceptors (Lipinski definition) is 4. The molecule has 0 saturated carbocycles. The molecule has 4 aromatic heterocycles. The van der Waals surface area contributed by atoms with Crippen molar-refractivity contribution in [1.29, 1.82) is 0 Å². The summed E-state index contributed by atoms with van der Waals surface area (Å²) in [6, 6.07) is 143. The molecule has 0 amide bonds. The zero-order valence-electron chi connectivity index (χ0n) is 59.0. The average molecular weight is 1370 g/mol. The Morgan fingerprint density at radius 1 is 0.157 bits per heavy atom. The van der Waals surface area contributed by atoms with Crippen LogP contribution in [0.15, 0.2) is 413 Å². The number of para-hydroxylation sites is 2. The minimum Gasteiger partial charge on any atom is -0.256 e. The molecule has 0 radical (unpaired) electrons. The van der Waals surface area contributed by atoms with Gasteiger partial charge in [-0.3, -0.25) is 9.97 Å². The molecule has 0 bridgehead atoms. The Kier molecular flexibility index (Phi) is 17.0. The second-order valence-corrected chi connectivity index (χ2v) is 27.6. The molecule has 504 valence electrons. The van der Waals surface area contributed by atoms with Crippen LogP contribution >= 0.6 is 0 Å². The Labute approximate surface area is 627 Å². The van der Waals surface area contributed by atoms with Crippen molar-refractivity contribution in [3.05, 3.63) is 413 Å². The van der Waals surface area contributed by atoms with E-state index in [0.717, 1.165) is 121 Å². The van der Waals surface area contributed by atoms with Crippen molar-refractivity contribution >= 4 is 65.2 Å². The van der Waals surface area contributed by atoms with Gasteiger partial charge in [0.1, 0.15) is 0 Å². The minimum absolute atomic E-state index is 0.942. The van der Waals surface area contributed by atoms with Crippen LogP contribution in [-0.2, 0) is 0 Å². The summed E-state index contributed by atoms with van der Waals surface area (Å²) in [5, 5.41) is 9.18. The van der Waals surface area contributed by atoms with Crippen LogP contribution in [0.5, 0.6) is 0 Å². The van der Waals surface area contributed by atoms with Crippen LogP contribution in [-0.4, -0.2) is 19.9 Å². The maximum Gasteiger partial charge on any atom is 0.0794 e. The van der Waals surface area contributed by atoms with E-state index in [1.165, 1.54) is 77.5 Å². The van der Waals surface area contributed by atoms with Gasteiger partial charge in [0.25, 0.3) is 0 Å². The van der Waals surface area contributed by atoms with Gasteiger partial charge in [0.15, 0.2) is 0 Å². The third kappa shape index (κ3) is 12.6. The van der Waals surface area contributed by atoms with Crippen LogP contribution in [0.2, 0.25) is 0 Å². The van der Waals surface area contributed by atoms with E-state index in [1.54, 1.807) is 0 Å². The molecule has 0 spiro atoms. The second-order valence-electron chi connectivity index (χ2n) is 27.6. The van der Waals surface area contributed by atoms with Crippen molar-refractivity contribution in [2.45, 2.75) is 0 Å². The van der Waals surface area contributed by atoms with Gasteiger partial charge in [0, 0.05) is 67.0 Å². The lowest BCUT2D eigenvalue weighted by molar-refractivity contribution is 1.40. The third-order valence-corrected chi connectivity index (χ3v) is 21.1. The average Bonchev–Trinajstić information content (AvgIpc) is 0.742. The molecular weight excluding hydrogens is 1310 g/mol. The van der Waals surface area contributed by atoms with E-state index in [1.807, 2.05) is 24.5 Å². The maximum atomic E-state index is 5.45. The van der Waals surface area contributed by atoms with Crippen molar-refractivity contribution in [2.75, 3.05) is 0 Å². The molecule has 4 nitrogen and oxygen atoms in total. The van der Waals surface area contributed by atoms with Gasteiger partial charge in [-0.25, -0.2) is 9.97 Å². The predicted molar refractivity (Wildman–Crippen MR) is 454 cm³/mol. The molecule has 0 aliphatic rings. The van der Waals surface area contributed by atoms with Crippen LogP contribution in [0.25, 0.3) is 199 Å². The van der Waals surface area contributed by atoms with Gasteiger partial charge in [0.2, 0.25) is 0 Å². The highest BCUT2D eigenvalue weighted by Gasteiger charge is 2.20. The molecule has 16 aromatic carbocycles. The third-order valence-electron chi connectivity index (χ3n) is 21.1. The lowest BCUT2D eigenvalue weighted by Crippen LogP contribution is -1.94. The SMILES string of the molecule is c1ccc(-c2ccc(-c3cc4c(-c5ccc(-c6ccccc6)cc5)cc(-c5ccc(-c6cccc7cccnc67)cc5)nc4c4ccccc34)cc2)cc1.c1ccc(-c2ccc(-c3cc4c(-c5ccc(-c6ccccc6)cc5)cc(-c5ccc(-c6cnc7ccccc7c6)cc5)nc4c4ccccc34)cc2)cc1. The highest BCUT2D eigenvalue weighted by atomic mass is 14.7. The Balaban J connectivity index is 0.000000147. The van der Waals surface area contributed by atoms with E-state index in [9.17, 15) is 0 Å². The monoisotopic (exact) mass is 1370 g/mol. The van der Waals surface area contributed by atoms with Crippen molar-refractivity contribution in [3.8, 4) is 134 Å². The number of hydrogen-bond donors (Lipinski definition) is 0. The van der Waals surface area contributed by atoms with E-state index in [4.69, 9.17) is 19.9 Å². The largest absolute Gasteiger partial charge is 0.256 e. The van der Waals surface area contributed by atoms with Gasteiger partial charge in [-0.1, -0.05) is 358 Å². The molecule has 0 N–H and O–H groups in total. The summed E-state index contributed by atoms with van der Waals surface area (Å²) in [5.74, 6) is 0. The number of pyridine rings is 4. The van der Waals surface area contributed by atoms with Crippen LogP contribution < -0.4 is 0 Å². The van der Waals surface area contributed by atoms with E-state index in [0.29, 0.717) is 0 Å². The lowest BCUT2D eigenvalue weighted by atomic mass is 9.90. The van der Waals surface area contributed by atoms with E-state index >= 15 is 0 Å². The van der Waals surface area contributed by atoms with Gasteiger partial charge in [-0.05, 0) is 153 Å². The van der Waals surface area contributed by atoms with Crippen LogP contribution in [0, 0.1) is 0 Å². The number of nitrogens with zero attached hydrogens (tertiary/aromatic N) is 4. The van der Waals surface area contributed by atoms with E-state index in [2.05, 4.69) is 388 Å². The van der Waals surface area contributed by atoms with Crippen LogP contribution in [0.1, 0.15) is 0 Å². The molecule has 0 fully saturated rings. The predicted octanol–water partition coefficient (Wildman–Crippen LogP) is 27.9. The first-order valence-corrected chi connectivity index (χ1v) is 36.8. The summed E-state index contributed by atoms with van der Waals surface area (Å²) in [6.45, 7) is 0. The molecule has 0 aliphatic heterocycles. The highest BCUT2D eigenvalue weighted by molar-refractivity contribution is 6.18. The first-order valence-electron chi connectivity index (χ1n) is 36.8. The minimum atomic E-state index is 0.942. The first kappa shape index (κ1) is 64.5. The summed E-state index contributed by atoms with van der Waals surface area (Å²) >= 11 is 0. The molecule has 4 heterocycles. The molecular formula is C104H68N4. The Bertz CT molecular complexity index is 6680. The van der Waals surface area contributed by atoms with Gasteiger partial charge in [-0.2, -0.15) is 0 Å². The molecule has 20 aromatic rings. The topological polar surface area (TPSA) is 51.6 Å². The van der Waals surface area contributed by atoms with Crippen LogP contribution in [0.4, 0.5) is 0 Å². The standard InChI is InChI=1S/2C52H34N2/c1-3-11-35(12-4-1)37-19-25-40(26-20-37)47-32-49-48(41-27-21-38(22-28-41)36-13-5-2-6-14-36)33-51(54-52(49)46-17-9-8-16-45(46)47)42-29-23-39(24-30-42)44-31-43-15-7-10-18-50(43)53-34-44;1-3-11-35(12-4-1)37-20-24-40(25-21-37)47-33-49-48(41-26-22-38(23-27-41)36-13-5-2-6-14-36)34-50(54-52(49)46-18-8-7-17-45(46)47)42-30-28-39(29-31-42)44-19-9-15-43-16-10-32-53-51(43)44/h2*1-34H. The smallest absolute Gasteiger partial charge is 0.0794 e. The van der Waals surface area contributed by atoms with Gasteiger partial charge < -0.3 is 0 Å². The van der Waals surface area contributed by atoms with E-state index in [-0.39, 0.29) is 0 Å². The van der Waals surface area contributed by atoms with E-state index < -0.39 is 0 Å². The fourth-order valence-corrected chi connectivity index (χ4v) is 15.5. The molecule has 0 atom stereocenters. The van der Waals surface area contributed by atoms with Crippen molar-refractivity contribution in [1.82, 2.24) is 19.9 Å². The lowest BCUT2D eigenvalue weighted by Gasteiger charge is -2.16. The van der Waals surface area contributed by atoms with Gasteiger partial charge in [0.05, 0.1) is 33.5 Å². The Hall–Kier alpha value is -14.3. The zero-order chi connectivity index (χ0) is 71.7. The second kappa shape index (κ2) is 28.4. The number of benzene rings is 16. The Morgan fingerprint density at radius 2 is 0.463 bits per heavy atom. The summed E-state index contributed by atoms with van der Waals surface area (Å²) in [4.78, 5) is 20.3. The first-order chi connectivity index (χ1) is 53.5. The number of fused-ring (bicyclic) bond motifs is 8. The van der Waals surface area contributed by atoms with Crippen LogP contribution in [0.3, 0.4) is 0 Å². The van der Waals surface area contributed by atoms with Crippen molar-refractivity contribution in [3.63, 3.8) is 0 Å². The van der Waals surface area contributed by atoms with Crippen molar-refractivity contribution < 1.29 is 0 Å². The maximum absolute atomic E-state index is 5.45. The summed E-state index contributed by atoms with van der Waals surface area (Å²) in [7, 11) is 0. The Morgan fingerprint density at radius 3 is 0.880 bits per heavy atom. The van der Waals surface area contributed by atoms with Crippen molar-refractivity contribution in [2.24, 2.45) is 0 Å². The summed E-state index contributed by atoms with van der Waals surface area (Å²) in [6.07, 6.45) is 3.82. The quantitative estimate of drug-likeness (QED) is 0.114. The van der Waals surface area contributed by atoms with Gasteiger partial charge in [-0.15, -0.1) is 0 Å². The fraction of sp³-hybridized carbons (Fsp3) is 0. The molecule has 20 rings (SSSR count). The fourth-order valence-electron chi connectivity index (χ4n) is 15.5. The molecule has 0 unspecified atom stereocenters. The molecule has 108 heavy (non-hydrogen) atoms. The number of aromatic nitrogens is 4. The molecule has 4 heteroatoms. The zero-order valence-corrected chi connectivity index (χ0v) is 59.0. The normalized spacial score (nSPS) is 11.3. The summed E-state index contributed by atoms with van der Waals surface area (Å²) in [5.41, 5.74) is 31.5. The number of rotatable bonds is 12. The summed E-state index contributed by atoms with van der Waals surface area (Å²) < 4.78 is 0. The highest BCUT2D eigenvalue weighted by Crippen LogP contribution is 2.45. The molecule has 0 aliphatic carbocycles. The molecule has 0 saturated heterocycles. The van der Waals surface area contributed by atoms with Gasteiger partial charge >= 0.3 is 0 Å².